The number of anilines is 1. The minimum Gasteiger partial charge on any atom is -0.496 e. The number of carbonyl (C=O) groups excluding carboxylic acids is 1. The van der Waals surface area contributed by atoms with Crippen molar-refractivity contribution >= 4 is 11.6 Å². The molecule has 0 atom stereocenters. The van der Waals surface area contributed by atoms with Crippen molar-refractivity contribution in [2.24, 2.45) is 11.1 Å². The first-order chi connectivity index (χ1) is 9.61. The maximum absolute atomic E-state index is 12.6. The third kappa shape index (κ3) is 2.96. The van der Waals surface area contributed by atoms with Gasteiger partial charge >= 0.3 is 0 Å². The molecule has 0 aromatic heterocycles. The standard InChI is InChI=1S/C16H24N2O2/c1-12-10-13(6-7-14(12)20-2)18-15(19)16(11-17)8-4-3-5-9-16/h6-7,10H,3-5,8-9,11,17H2,1-2H3,(H,18,19). The molecule has 0 saturated heterocycles. The Bertz CT molecular complexity index is 479. The van der Waals surface area contributed by atoms with Crippen LogP contribution in [-0.2, 0) is 4.79 Å². The predicted octanol–water partition coefficient (Wildman–Crippen LogP) is 2.85. The van der Waals surface area contributed by atoms with Crippen LogP contribution in [0.25, 0.3) is 0 Å². The van der Waals surface area contributed by atoms with Crippen LogP contribution in [0.1, 0.15) is 37.7 Å². The van der Waals surface area contributed by atoms with Crippen LogP contribution in [0.15, 0.2) is 18.2 Å². The molecule has 1 aromatic rings. The Hall–Kier alpha value is -1.55. The summed E-state index contributed by atoms with van der Waals surface area (Å²) in [5.41, 5.74) is 7.33. The molecule has 20 heavy (non-hydrogen) atoms. The molecule has 0 aliphatic heterocycles. The van der Waals surface area contributed by atoms with Crippen molar-refractivity contribution in [1.29, 1.82) is 0 Å². The predicted molar refractivity (Wildman–Crippen MR) is 80.9 cm³/mol. The van der Waals surface area contributed by atoms with Gasteiger partial charge < -0.3 is 15.8 Å². The maximum atomic E-state index is 12.6. The van der Waals surface area contributed by atoms with E-state index < -0.39 is 0 Å². The molecule has 0 spiro atoms. The molecule has 1 aromatic carbocycles. The van der Waals surface area contributed by atoms with Crippen LogP contribution < -0.4 is 15.8 Å². The summed E-state index contributed by atoms with van der Waals surface area (Å²) in [5.74, 6) is 0.887. The van der Waals surface area contributed by atoms with Crippen molar-refractivity contribution in [2.75, 3.05) is 19.0 Å². The van der Waals surface area contributed by atoms with E-state index in [1.165, 1.54) is 6.42 Å². The molecule has 4 nitrogen and oxygen atoms in total. The Kier molecular flexibility index (Phi) is 4.65. The minimum atomic E-state index is -0.383. The Morgan fingerprint density at radius 2 is 2.05 bits per heavy atom. The zero-order valence-corrected chi connectivity index (χ0v) is 12.4. The van der Waals surface area contributed by atoms with E-state index >= 15 is 0 Å². The van der Waals surface area contributed by atoms with Crippen LogP contribution in [-0.4, -0.2) is 19.6 Å². The molecule has 1 amide bonds. The van der Waals surface area contributed by atoms with Gasteiger partial charge in [-0.3, -0.25) is 4.79 Å². The molecule has 0 heterocycles. The van der Waals surface area contributed by atoms with Crippen molar-refractivity contribution in [3.63, 3.8) is 0 Å². The van der Waals surface area contributed by atoms with E-state index in [4.69, 9.17) is 10.5 Å². The second-order valence-corrected chi connectivity index (χ2v) is 5.68. The lowest BCUT2D eigenvalue weighted by molar-refractivity contribution is -0.126. The van der Waals surface area contributed by atoms with Gasteiger partial charge in [0.05, 0.1) is 12.5 Å². The third-order valence-electron chi connectivity index (χ3n) is 4.34. The lowest BCUT2D eigenvalue weighted by atomic mass is 9.73. The number of ether oxygens (including phenoxy) is 1. The molecule has 1 aliphatic carbocycles. The largest absolute Gasteiger partial charge is 0.496 e. The summed E-state index contributed by atoms with van der Waals surface area (Å²) in [4.78, 5) is 12.6. The highest BCUT2D eigenvalue weighted by Gasteiger charge is 2.38. The summed E-state index contributed by atoms with van der Waals surface area (Å²) in [7, 11) is 1.64. The highest BCUT2D eigenvalue weighted by atomic mass is 16.5. The molecule has 0 unspecified atom stereocenters. The van der Waals surface area contributed by atoms with Gasteiger partial charge in [-0.25, -0.2) is 0 Å². The smallest absolute Gasteiger partial charge is 0.231 e. The number of carbonyl (C=O) groups is 1. The normalized spacial score (nSPS) is 17.6. The average Bonchev–Trinajstić information content (AvgIpc) is 2.48. The van der Waals surface area contributed by atoms with Crippen molar-refractivity contribution in [3.8, 4) is 5.75 Å². The number of methoxy groups -OCH3 is 1. The Morgan fingerprint density at radius 1 is 1.35 bits per heavy atom. The highest BCUT2D eigenvalue weighted by molar-refractivity contribution is 5.95. The van der Waals surface area contributed by atoms with Crippen LogP contribution in [0.4, 0.5) is 5.69 Å². The van der Waals surface area contributed by atoms with Gasteiger partial charge in [0.25, 0.3) is 0 Å². The fraction of sp³-hybridized carbons (Fsp3) is 0.562. The lowest BCUT2D eigenvalue weighted by Crippen LogP contribution is -2.43. The fourth-order valence-electron chi connectivity index (χ4n) is 2.97. The van der Waals surface area contributed by atoms with Crippen molar-refractivity contribution < 1.29 is 9.53 Å². The number of benzene rings is 1. The maximum Gasteiger partial charge on any atom is 0.231 e. The van der Waals surface area contributed by atoms with E-state index in [1.54, 1.807) is 7.11 Å². The second kappa shape index (κ2) is 6.27. The van der Waals surface area contributed by atoms with Gasteiger partial charge in [-0.05, 0) is 43.5 Å². The van der Waals surface area contributed by atoms with E-state index in [9.17, 15) is 4.79 Å². The summed E-state index contributed by atoms with van der Waals surface area (Å²) in [6.07, 6.45) is 5.17. The number of nitrogens with two attached hydrogens (primary N) is 1. The van der Waals surface area contributed by atoms with Gasteiger partial charge in [-0.1, -0.05) is 19.3 Å². The molecule has 110 valence electrons. The average molecular weight is 276 g/mol. The first kappa shape index (κ1) is 14.9. The first-order valence-electron chi connectivity index (χ1n) is 7.27. The van der Waals surface area contributed by atoms with Crippen molar-refractivity contribution in [3.05, 3.63) is 23.8 Å². The zero-order chi connectivity index (χ0) is 14.6. The molecule has 1 fully saturated rings. The van der Waals surface area contributed by atoms with E-state index in [2.05, 4.69) is 5.32 Å². The fourth-order valence-corrected chi connectivity index (χ4v) is 2.97. The molecular weight excluding hydrogens is 252 g/mol. The number of hydrogen-bond acceptors (Lipinski definition) is 3. The third-order valence-corrected chi connectivity index (χ3v) is 4.34. The van der Waals surface area contributed by atoms with Gasteiger partial charge in [-0.2, -0.15) is 0 Å². The molecule has 4 heteroatoms. The number of hydrogen-bond donors (Lipinski definition) is 2. The lowest BCUT2D eigenvalue weighted by Gasteiger charge is -2.34. The molecular formula is C16H24N2O2. The van der Waals surface area contributed by atoms with Crippen LogP contribution in [0.3, 0.4) is 0 Å². The molecule has 2 rings (SSSR count). The van der Waals surface area contributed by atoms with E-state index in [-0.39, 0.29) is 11.3 Å². The Labute approximate surface area is 120 Å². The van der Waals surface area contributed by atoms with Crippen molar-refractivity contribution in [1.82, 2.24) is 0 Å². The van der Waals surface area contributed by atoms with Crippen molar-refractivity contribution in [2.45, 2.75) is 39.0 Å². The highest BCUT2D eigenvalue weighted by Crippen LogP contribution is 2.36. The zero-order valence-electron chi connectivity index (χ0n) is 12.4. The molecule has 1 saturated carbocycles. The first-order valence-corrected chi connectivity index (χ1v) is 7.27. The summed E-state index contributed by atoms with van der Waals surface area (Å²) in [6, 6.07) is 5.68. The van der Waals surface area contributed by atoms with E-state index in [0.717, 1.165) is 42.7 Å². The topological polar surface area (TPSA) is 64.3 Å². The molecule has 1 aliphatic rings. The summed E-state index contributed by atoms with van der Waals surface area (Å²) in [5, 5.41) is 3.02. The molecule has 0 bridgehead atoms. The number of rotatable bonds is 4. The van der Waals surface area contributed by atoms with Gasteiger partial charge in [0.2, 0.25) is 5.91 Å². The molecule has 0 radical (unpaired) electrons. The Morgan fingerprint density at radius 3 is 2.60 bits per heavy atom. The SMILES string of the molecule is COc1ccc(NC(=O)C2(CN)CCCCC2)cc1C. The number of nitrogens with one attached hydrogen (secondary N) is 1. The van der Waals surface area contributed by atoms with Crippen LogP contribution >= 0.6 is 0 Å². The van der Waals surface area contributed by atoms with E-state index in [1.807, 2.05) is 25.1 Å². The molecule has 3 N–H and O–H groups in total. The van der Waals surface area contributed by atoms with Crippen LogP contribution in [0, 0.1) is 12.3 Å². The Balaban J connectivity index is 2.12. The van der Waals surface area contributed by atoms with Crippen LogP contribution in [0.5, 0.6) is 5.75 Å². The summed E-state index contributed by atoms with van der Waals surface area (Å²) in [6.45, 7) is 2.39. The minimum absolute atomic E-state index is 0.0595. The van der Waals surface area contributed by atoms with Gasteiger partial charge in [0, 0.05) is 12.2 Å². The van der Waals surface area contributed by atoms with E-state index in [0.29, 0.717) is 6.54 Å². The van der Waals surface area contributed by atoms with Gasteiger partial charge in [-0.15, -0.1) is 0 Å². The van der Waals surface area contributed by atoms with Gasteiger partial charge in [0.15, 0.2) is 0 Å². The summed E-state index contributed by atoms with van der Waals surface area (Å²) >= 11 is 0. The van der Waals surface area contributed by atoms with Crippen LogP contribution in [0.2, 0.25) is 0 Å². The van der Waals surface area contributed by atoms with Gasteiger partial charge in [0.1, 0.15) is 5.75 Å². The summed E-state index contributed by atoms with van der Waals surface area (Å²) < 4.78 is 5.23. The number of aryl methyl sites for hydroxylation is 1. The second-order valence-electron chi connectivity index (χ2n) is 5.68. The quantitative estimate of drug-likeness (QED) is 0.888. The monoisotopic (exact) mass is 276 g/mol. The number of amides is 1.